The van der Waals surface area contributed by atoms with Gasteiger partial charge in [0.2, 0.25) is 0 Å². The van der Waals surface area contributed by atoms with Gasteiger partial charge in [0.15, 0.2) is 0 Å². The zero-order valence-corrected chi connectivity index (χ0v) is 14.0. The summed E-state index contributed by atoms with van der Waals surface area (Å²) in [5.41, 5.74) is 1.38. The zero-order chi connectivity index (χ0) is 16.6. The first kappa shape index (κ1) is 16.1. The molecular weight excluding hydrogens is 359 g/mol. The number of rotatable bonds is 2. The van der Waals surface area contributed by atoms with Crippen molar-refractivity contribution in [1.82, 2.24) is 4.98 Å². The van der Waals surface area contributed by atoms with E-state index < -0.39 is 10.4 Å². The molecule has 0 bridgehead atoms. The fourth-order valence-corrected chi connectivity index (χ4v) is 3.47. The van der Waals surface area contributed by atoms with E-state index in [1.807, 2.05) is 12.1 Å². The lowest BCUT2D eigenvalue weighted by Gasteiger charge is -2.29. The summed E-state index contributed by atoms with van der Waals surface area (Å²) in [6, 6.07) is 8.97. The molecule has 118 valence electrons. The number of para-hydroxylation sites is 1. The van der Waals surface area contributed by atoms with E-state index in [4.69, 9.17) is 34.8 Å². The van der Waals surface area contributed by atoms with Gasteiger partial charge < -0.3 is 5.11 Å². The quantitative estimate of drug-likeness (QED) is 0.730. The van der Waals surface area contributed by atoms with Gasteiger partial charge in [-0.1, -0.05) is 53.0 Å². The van der Waals surface area contributed by atoms with Crippen LogP contribution in [0, 0.1) is 0 Å². The Kier molecular flexibility index (Phi) is 4.23. The van der Waals surface area contributed by atoms with Gasteiger partial charge in [-0.15, -0.1) is 0 Å². The summed E-state index contributed by atoms with van der Waals surface area (Å²) in [5, 5.41) is 10.8. The van der Waals surface area contributed by atoms with E-state index in [1.54, 1.807) is 30.5 Å². The third kappa shape index (κ3) is 3.29. The minimum Gasteiger partial charge on any atom is -0.464 e. The highest BCUT2D eigenvalue weighted by Gasteiger charge is 2.32. The number of nitrogens with zero attached hydrogens (tertiary/aromatic N) is 2. The van der Waals surface area contributed by atoms with Crippen molar-refractivity contribution in [3.05, 3.63) is 59.4 Å². The minimum absolute atomic E-state index is 0.113. The van der Waals surface area contributed by atoms with Gasteiger partial charge >= 0.3 is 6.09 Å². The molecule has 1 amide bonds. The molecule has 1 aliphatic carbocycles. The van der Waals surface area contributed by atoms with Crippen LogP contribution in [0.25, 0.3) is 10.9 Å². The van der Waals surface area contributed by atoms with Gasteiger partial charge in [0.25, 0.3) is 0 Å². The second kappa shape index (κ2) is 6.04. The highest BCUT2D eigenvalue weighted by atomic mass is 35.5. The SMILES string of the molecule is O=C(O)N(C1=CC(Cl)=CC(Cl)(Cl)C1)c1cccc2cccnc12. The largest absolute Gasteiger partial charge is 0.464 e. The molecular formula is C16H11Cl3N2O2. The monoisotopic (exact) mass is 368 g/mol. The Labute approximate surface area is 147 Å². The number of carbonyl (C=O) groups is 1. The number of aromatic nitrogens is 1. The number of allylic oxidation sites excluding steroid dienone is 4. The first-order chi connectivity index (χ1) is 10.9. The number of fused-ring (bicyclic) bond motifs is 1. The number of halogens is 3. The number of carboxylic acid groups (broad SMARTS) is 1. The fourth-order valence-electron chi connectivity index (χ4n) is 2.54. The number of alkyl halides is 2. The topological polar surface area (TPSA) is 53.4 Å². The maximum absolute atomic E-state index is 11.9. The van der Waals surface area contributed by atoms with Crippen LogP contribution < -0.4 is 4.90 Å². The number of amides is 1. The molecule has 2 aromatic rings. The van der Waals surface area contributed by atoms with Crippen molar-refractivity contribution in [3.63, 3.8) is 0 Å². The summed E-state index contributed by atoms with van der Waals surface area (Å²) in [7, 11) is 0. The van der Waals surface area contributed by atoms with Crippen molar-refractivity contribution < 1.29 is 9.90 Å². The van der Waals surface area contributed by atoms with Crippen LogP contribution in [-0.2, 0) is 0 Å². The van der Waals surface area contributed by atoms with E-state index in [9.17, 15) is 9.90 Å². The highest BCUT2D eigenvalue weighted by molar-refractivity contribution is 6.51. The van der Waals surface area contributed by atoms with Gasteiger partial charge in [0.1, 0.15) is 4.33 Å². The van der Waals surface area contributed by atoms with Gasteiger partial charge in [-0.05, 0) is 24.3 Å². The Morgan fingerprint density at radius 1 is 1.26 bits per heavy atom. The molecule has 0 radical (unpaired) electrons. The summed E-state index contributed by atoms with van der Waals surface area (Å²) in [6.45, 7) is 0. The van der Waals surface area contributed by atoms with Crippen LogP contribution in [0.1, 0.15) is 6.42 Å². The van der Waals surface area contributed by atoms with E-state index in [1.165, 1.54) is 6.08 Å². The van der Waals surface area contributed by atoms with E-state index >= 15 is 0 Å². The number of pyridine rings is 1. The summed E-state index contributed by atoms with van der Waals surface area (Å²) >= 11 is 18.3. The Balaban J connectivity index is 2.17. The maximum atomic E-state index is 11.9. The number of hydrogen-bond acceptors (Lipinski definition) is 2. The molecule has 3 rings (SSSR count). The fraction of sp³-hybridized carbons (Fsp3) is 0.125. The molecule has 1 aromatic carbocycles. The van der Waals surface area contributed by atoms with E-state index in [-0.39, 0.29) is 11.5 Å². The van der Waals surface area contributed by atoms with Gasteiger partial charge in [-0.3, -0.25) is 4.98 Å². The molecule has 4 nitrogen and oxygen atoms in total. The highest BCUT2D eigenvalue weighted by Crippen LogP contribution is 2.40. The summed E-state index contributed by atoms with van der Waals surface area (Å²) in [4.78, 5) is 17.3. The average molecular weight is 370 g/mol. The predicted molar refractivity (Wildman–Crippen MR) is 93.3 cm³/mol. The van der Waals surface area contributed by atoms with Gasteiger partial charge in [0, 0.05) is 28.7 Å². The Bertz CT molecular complexity index is 841. The normalized spacial score (nSPS) is 16.7. The van der Waals surface area contributed by atoms with Crippen molar-refractivity contribution in [3.8, 4) is 0 Å². The second-order valence-corrected chi connectivity index (χ2v) is 7.05. The molecule has 1 N–H and O–H groups in total. The minimum atomic E-state index is -1.26. The molecule has 23 heavy (non-hydrogen) atoms. The van der Waals surface area contributed by atoms with Crippen molar-refractivity contribution in [2.75, 3.05) is 4.90 Å². The first-order valence-corrected chi connectivity index (χ1v) is 7.84. The Morgan fingerprint density at radius 3 is 2.70 bits per heavy atom. The van der Waals surface area contributed by atoms with Crippen molar-refractivity contribution in [2.24, 2.45) is 0 Å². The third-order valence-electron chi connectivity index (χ3n) is 3.40. The number of anilines is 1. The van der Waals surface area contributed by atoms with Crippen molar-refractivity contribution in [1.29, 1.82) is 0 Å². The molecule has 0 saturated carbocycles. The van der Waals surface area contributed by atoms with Crippen LogP contribution in [-0.4, -0.2) is 20.5 Å². The molecule has 0 aliphatic heterocycles. The van der Waals surface area contributed by atoms with Crippen LogP contribution >= 0.6 is 34.8 Å². The molecule has 0 atom stereocenters. The molecule has 0 spiro atoms. The summed E-state index contributed by atoms with van der Waals surface area (Å²) in [5.74, 6) is 0. The zero-order valence-electron chi connectivity index (χ0n) is 11.7. The Morgan fingerprint density at radius 2 is 2.00 bits per heavy atom. The van der Waals surface area contributed by atoms with Crippen LogP contribution in [0.15, 0.2) is 59.4 Å². The van der Waals surface area contributed by atoms with Crippen LogP contribution in [0.3, 0.4) is 0 Å². The lowest BCUT2D eigenvalue weighted by Crippen LogP contribution is -2.32. The number of hydrogen-bond donors (Lipinski definition) is 1. The summed E-state index contributed by atoms with van der Waals surface area (Å²) < 4.78 is -1.26. The molecule has 0 saturated heterocycles. The first-order valence-electron chi connectivity index (χ1n) is 6.71. The van der Waals surface area contributed by atoms with Crippen LogP contribution in [0.2, 0.25) is 0 Å². The van der Waals surface area contributed by atoms with Gasteiger partial charge in [-0.25, -0.2) is 9.69 Å². The molecule has 0 fully saturated rings. The lowest BCUT2D eigenvalue weighted by atomic mass is 10.1. The molecule has 1 heterocycles. The van der Waals surface area contributed by atoms with Gasteiger partial charge in [0.05, 0.1) is 11.2 Å². The molecule has 0 unspecified atom stereocenters. The lowest BCUT2D eigenvalue weighted by molar-refractivity contribution is 0.203. The molecule has 7 heteroatoms. The van der Waals surface area contributed by atoms with Crippen LogP contribution in [0.4, 0.5) is 10.5 Å². The smallest absolute Gasteiger partial charge is 0.416 e. The van der Waals surface area contributed by atoms with Crippen LogP contribution in [0.5, 0.6) is 0 Å². The van der Waals surface area contributed by atoms with Gasteiger partial charge in [-0.2, -0.15) is 0 Å². The molecule has 1 aliphatic rings. The average Bonchev–Trinajstić information content (AvgIpc) is 2.45. The van der Waals surface area contributed by atoms with Crippen molar-refractivity contribution in [2.45, 2.75) is 10.8 Å². The standard InChI is InChI=1S/C16H11Cl3N2O2/c17-11-7-12(9-16(18,19)8-11)21(15(22)23)13-5-1-3-10-4-2-6-20-14(10)13/h1-8H,9H2,(H,22,23). The van der Waals surface area contributed by atoms with Crippen molar-refractivity contribution >= 4 is 57.5 Å². The summed E-state index contributed by atoms with van der Waals surface area (Å²) in [6.07, 6.45) is 3.58. The second-order valence-electron chi connectivity index (χ2n) is 5.07. The van der Waals surface area contributed by atoms with E-state index in [2.05, 4.69) is 4.98 Å². The number of benzene rings is 1. The predicted octanol–water partition coefficient (Wildman–Crippen LogP) is 5.30. The van der Waals surface area contributed by atoms with E-state index in [0.717, 1.165) is 10.3 Å². The molecule has 1 aromatic heterocycles. The third-order valence-corrected chi connectivity index (χ3v) is 4.10. The van der Waals surface area contributed by atoms with E-state index in [0.29, 0.717) is 16.9 Å². The Hall–Kier alpha value is -1.75. The maximum Gasteiger partial charge on any atom is 0.416 e.